The van der Waals surface area contributed by atoms with Gasteiger partial charge in [-0.25, -0.2) is 0 Å². The summed E-state index contributed by atoms with van der Waals surface area (Å²) in [6, 6.07) is 11.9. The predicted molar refractivity (Wildman–Crippen MR) is 86.9 cm³/mol. The van der Waals surface area contributed by atoms with Crippen molar-refractivity contribution in [2.24, 2.45) is 0 Å². The van der Waals surface area contributed by atoms with Gasteiger partial charge in [0.1, 0.15) is 11.5 Å². The maximum absolute atomic E-state index is 12.9. The highest BCUT2D eigenvalue weighted by Crippen LogP contribution is 2.29. The zero-order chi connectivity index (χ0) is 15.7. The van der Waals surface area contributed by atoms with Gasteiger partial charge in [0.25, 0.3) is 5.91 Å². The molecule has 0 unspecified atom stereocenters. The van der Waals surface area contributed by atoms with Gasteiger partial charge in [-0.1, -0.05) is 30.3 Å². The molecule has 22 heavy (non-hydrogen) atoms. The van der Waals surface area contributed by atoms with Gasteiger partial charge in [0.2, 0.25) is 0 Å². The summed E-state index contributed by atoms with van der Waals surface area (Å²) in [4.78, 5) is 17.0. The number of nitrogens with zero attached hydrogens (tertiary/aromatic N) is 2. The van der Waals surface area contributed by atoms with E-state index >= 15 is 0 Å². The Kier molecular flexibility index (Phi) is 4.03. The average Bonchev–Trinajstić information content (AvgIpc) is 3.12. The van der Waals surface area contributed by atoms with Crippen LogP contribution in [0, 0.1) is 6.92 Å². The van der Waals surface area contributed by atoms with Crippen molar-refractivity contribution < 1.29 is 9.21 Å². The lowest BCUT2D eigenvalue weighted by Crippen LogP contribution is -2.38. The number of amides is 1. The molecule has 0 radical (unpaired) electrons. The van der Waals surface area contributed by atoms with Gasteiger partial charge in [0, 0.05) is 25.2 Å². The molecule has 4 nitrogen and oxygen atoms in total. The van der Waals surface area contributed by atoms with Crippen LogP contribution in [0.15, 0.2) is 40.8 Å². The molecule has 116 valence electrons. The molecule has 1 aliphatic heterocycles. The lowest BCUT2D eigenvalue weighted by Gasteiger charge is -2.24. The molecule has 0 saturated carbocycles. The first-order valence-electron chi connectivity index (χ1n) is 7.68. The molecule has 1 amide bonds. The Labute approximate surface area is 131 Å². The molecule has 1 aromatic heterocycles. The standard InChI is InChI=1S/C18H22N2O2/c1-13-11-16(17(22-13)14-7-5-4-6-8-14)18(21)20(3)15-9-10-19(2)12-15/h4-8,11,15H,9-10,12H2,1-3H3/t15-/m0/s1. The third-order valence-corrected chi connectivity index (χ3v) is 4.36. The highest BCUT2D eigenvalue weighted by molar-refractivity contribution is 5.99. The number of benzene rings is 1. The molecule has 2 aromatic rings. The molecule has 2 heterocycles. The van der Waals surface area contributed by atoms with E-state index in [1.54, 1.807) is 0 Å². The van der Waals surface area contributed by atoms with Crippen LogP contribution < -0.4 is 0 Å². The monoisotopic (exact) mass is 298 g/mol. The molecule has 1 saturated heterocycles. The normalized spacial score (nSPS) is 18.6. The van der Waals surface area contributed by atoms with Gasteiger partial charge >= 0.3 is 0 Å². The van der Waals surface area contributed by atoms with Crippen LogP contribution >= 0.6 is 0 Å². The first-order chi connectivity index (χ1) is 10.6. The Bertz CT molecular complexity index is 663. The maximum atomic E-state index is 12.9. The summed E-state index contributed by atoms with van der Waals surface area (Å²) in [6.07, 6.45) is 1.02. The fraction of sp³-hybridized carbons (Fsp3) is 0.389. The number of likely N-dealkylation sites (N-methyl/N-ethyl adjacent to an activating group) is 2. The van der Waals surface area contributed by atoms with E-state index in [0.717, 1.165) is 30.8 Å². The molecule has 1 aliphatic rings. The highest BCUT2D eigenvalue weighted by atomic mass is 16.3. The zero-order valence-electron chi connectivity index (χ0n) is 13.4. The van der Waals surface area contributed by atoms with E-state index in [1.165, 1.54) is 0 Å². The van der Waals surface area contributed by atoms with Gasteiger partial charge in [0.05, 0.1) is 5.56 Å². The molecular weight excluding hydrogens is 276 g/mol. The van der Waals surface area contributed by atoms with Gasteiger partial charge in [-0.05, 0) is 33.0 Å². The fourth-order valence-electron chi connectivity index (χ4n) is 3.06. The van der Waals surface area contributed by atoms with Crippen molar-refractivity contribution in [3.63, 3.8) is 0 Å². The van der Waals surface area contributed by atoms with E-state index in [1.807, 2.05) is 55.3 Å². The van der Waals surface area contributed by atoms with E-state index < -0.39 is 0 Å². The predicted octanol–water partition coefficient (Wildman–Crippen LogP) is 3.03. The minimum atomic E-state index is 0.0380. The third kappa shape index (κ3) is 2.79. The van der Waals surface area contributed by atoms with Crippen LogP contribution in [0.4, 0.5) is 0 Å². The van der Waals surface area contributed by atoms with Gasteiger partial charge in [-0.2, -0.15) is 0 Å². The molecule has 3 rings (SSSR count). The van der Waals surface area contributed by atoms with Crippen molar-refractivity contribution in [2.45, 2.75) is 19.4 Å². The number of furan rings is 1. The summed E-state index contributed by atoms with van der Waals surface area (Å²) >= 11 is 0. The fourth-order valence-corrected chi connectivity index (χ4v) is 3.06. The number of rotatable bonds is 3. The van der Waals surface area contributed by atoms with Crippen molar-refractivity contribution in [1.29, 1.82) is 0 Å². The van der Waals surface area contributed by atoms with E-state index in [4.69, 9.17) is 4.42 Å². The molecule has 0 N–H and O–H groups in total. The SMILES string of the molecule is Cc1cc(C(=O)N(C)[C@H]2CCN(C)C2)c(-c2ccccc2)o1. The molecule has 4 heteroatoms. The van der Waals surface area contributed by atoms with Crippen molar-refractivity contribution in [2.75, 3.05) is 27.2 Å². The van der Waals surface area contributed by atoms with E-state index in [0.29, 0.717) is 11.3 Å². The number of aryl methyl sites for hydroxylation is 1. The molecule has 1 atom stereocenters. The van der Waals surface area contributed by atoms with Crippen LogP contribution in [0.25, 0.3) is 11.3 Å². The van der Waals surface area contributed by atoms with Crippen LogP contribution in [0.3, 0.4) is 0 Å². The minimum absolute atomic E-state index is 0.0380. The second-order valence-corrected chi connectivity index (χ2v) is 6.09. The quantitative estimate of drug-likeness (QED) is 0.874. The molecule has 0 bridgehead atoms. The van der Waals surface area contributed by atoms with Crippen LogP contribution in [-0.2, 0) is 0 Å². The summed E-state index contributed by atoms with van der Waals surface area (Å²) in [5.74, 6) is 1.47. The number of carbonyl (C=O) groups is 1. The number of hydrogen-bond acceptors (Lipinski definition) is 3. The summed E-state index contributed by atoms with van der Waals surface area (Å²) < 4.78 is 5.80. The van der Waals surface area contributed by atoms with Crippen molar-refractivity contribution >= 4 is 5.91 Å². The van der Waals surface area contributed by atoms with Gasteiger partial charge < -0.3 is 14.2 Å². The lowest BCUT2D eigenvalue weighted by atomic mass is 10.1. The van der Waals surface area contributed by atoms with Crippen LogP contribution in [0.2, 0.25) is 0 Å². The molecule has 1 aromatic carbocycles. The van der Waals surface area contributed by atoms with Gasteiger partial charge in [-0.15, -0.1) is 0 Å². The Morgan fingerprint density at radius 1 is 1.32 bits per heavy atom. The number of hydrogen-bond donors (Lipinski definition) is 0. The van der Waals surface area contributed by atoms with Crippen molar-refractivity contribution in [3.05, 3.63) is 47.7 Å². The Morgan fingerprint density at radius 3 is 2.68 bits per heavy atom. The van der Waals surface area contributed by atoms with Gasteiger partial charge in [-0.3, -0.25) is 4.79 Å². The van der Waals surface area contributed by atoms with E-state index in [2.05, 4.69) is 11.9 Å². The summed E-state index contributed by atoms with van der Waals surface area (Å²) in [5.41, 5.74) is 1.59. The zero-order valence-corrected chi connectivity index (χ0v) is 13.4. The second-order valence-electron chi connectivity index (χ2n) is 6.09. The Balaban J connectivity index is 1.90. The minimum Gasteiger partial charge on any atom is -0.461 e. The smallest absolute Gasteiger partial charge is 0.257 e. The maximum Gasteiger partial charge on any atom is 0.257 e. The Morgan fingerprint density at radius 2 is 2.05 bits per heavy atom. The molecule has 0 aliphatic carbocycles. The molecular formula is C18H22N2O2. The molecule has 1 fully saturated rings. The van der Waals surface area contributed by atoms with E-state index in [9.17, 15) is 4.79 Å². The topological polar surface area (TPSA) is 36.7 Å². The summed E-state index contributed by atoms with van der Waals surface area (Å²) in [5, 5.41) is 0. The summed E-state index contributed by atoms with van der Waals surface area (Å²) in [7, 11) is 3.99. The van der Waals surface area contributed by atoms with Crippen molar-refractivity contribution in [1.82, 2.24) is 9.80 Å². The largest absolute Gasteiger partial charge is 0.461 e. The third-order valence-electron chi connectivity index (χ3n) is 4.36. The van der Waals surface area contributed by atoms with Crippen LogP contribution in [0.1, 0.15) is 22.5 Å². The lowest BCUT2D eigenvalue weighted by molar-refractivity contribution is 0.0738. The van der Waals surface area contributed by atoms with Crippen molar-refractivity contribution in [3.8, 4) is 11.3 Å². The van der Waals surface area contributed by atoms with Crippen LogP contribution in [0.5, 0.6) is 0 Å². The van der Waals surface area contributed by atoms with Crippen LogP contribution in [-0.4, -0.2) is 48.9 Å². The second kappa shape index (κ2) is 5.97. The number of likely N-dealkylation sites (tertiary alicyclic amines) is 1. The summed E-state index contributed by atoms with van der Waals surface area (Å²) in [6.45, 7) is 3.85. The first-order valence-corrected chi connectivity index (χ1v) is 7.68. The Hall–Kier alpha value is -2.07. The average molecular weight is 298 g/mol. The highest BCUT2D eigenvalue weighted by Gasteiger charge is 2.29. The number of carbonyl (C=O) groups excluding carboxylic acids is 1. The van der Waals surface area contributed by atoms with Gasteiger partial charge in [0.15, 0.2) is 0 Å². The van der Waals surface area contributed by atoms with E-state index in [-0.39, 0.29) is 11.9 Å². The first kappa shape index (κ1) is 14.9. The molecule has 0 spiro atoms.